The lowest BCUT2D eigenvalue weighted by Crippen LogP contribution is -2.47. The summed E-state index contributed by atoms with van der Waals surface area (Å²) in [6.07, 6.45) is 2.28. The van der Waals surface area contributed by atoms with Crippen LogP contribution in [-0.2, 0) is 4.74 Å². The lowest BCUT2D eigenvalue weighted by Gasteiger charge is -2.36. The van der Waals surface area contributed by atoms with E-state index in [2.05, 4.69) is 44.5 Å². The number of piperazine rings is 1. The maximum absolute atomic E-state index is 12.5. The minimum absolute atomic E-state index is 0.119. The van der Waals surface area contributed by atoms with Crippen molar-refractivity contribution in [2.45, 2.75) is 13.3 Å². The molecular formula is C26H32N6O3. The summed E-state index contributed by atoms with van der Waals surface area (Å²) in [5.41, 5.74) is 8.77. The van der Waals surface area contributed by atoms with E-state index in [1.807, 2.05) is 6.07 Å². The minimum Gasteiger partial charge on any atom is -0.462 e. The van der Waals surface area contributed by atoms with Crippen LogP contribution in [0, 0.1) is 0 Å². The van der Waals surface area contributed by atoms with E-state index >= 15 is 0 Å². The highest BCUT2D eigenvalue weighted by Gasteiger charge is 2.18. The maximum atomic E-state index is 12.5. The number of ether oxygens (including phenoxy) is 1. The molecule has 0 atom stereocenters. The van der Waals surface area contributed by atoms with E-state index in [0.29, 0.717) is 17.8 Å². The Bertz CT molecular complexity index is 1120. The van der Waals surface area contributed by atoms with Crippen molar-refractivity contribution in [2.24, 2.45) is 0 Å². The average molecular weight is 477 g/mol. The lowest BCUT2D eigenvalue weighted by molar-refractivity contribution is 0.0527. The summed E-state index contributed by atoms with van der Waals surface area (Å²) in [6, 6.07) is 17.4. The van der Waals surface area contributed by atoms with Crippen LogP contribution in [0.15, 0.2) is 60.8 Å². The first-order valence-corrected chi connectivity index (χ1v) is 12.0. The van der Waals surface area contributed by atoms with Crippen LogP contribution in [0.25, 0.3) is 5.69 Å². The third-order valence-electron chi connectivity index (χ3n) is 6.11. The van der Waals surface area contributed by atoms with Crippen LogP contribution in [0.1, 0.15) is 34.1 Å². The van der Waals surface area contributed by atoms with Gasteiger partial charge in [0, 0.05) is 44.0 Å². The fourth-order valence-corrected chi connectivity index (χ4v) is 4.16. The largest absolute Gasteiger partial charge is 0.462 e. The second-order valence-electron chi connectivity index (χ2n) is 8.40. The van der Waals surface area contributed by atoms with Crippen LogP contribution in [-0.4, -0.2) is 72.4 Å². The second-order valence-corrected chi connectivity index (χ2v) is 8.40. The number of nitrogens with zero attached hydrogens (tertiary/aromatic N) is 4. The Morgan fingerprint density at radius 2 is 1.71 bits per heavy atom. The van der Waals surface area contributed by atoms with E-state index in [-0.39, 0.29) is 23.9 Å². The van der Waals surface area contributed by atoms with E-state index in [0.717, 1.165) is 39.1 Å². The van der Waals surface area contributed by atoms with E-state index in [4.69, 9.17) is 10.5 Å². The summed E-state index contributed by atoms with van der Waals surface area (Å²) in [7, 11) is 0. The summed E-state index contributed by atoms with van der Waals surface area (Å²) in [4.78, 5) is 29.3. The third kappa shape index (κ3) is 5.99. The number of aromatic nitrogens is 2. The van der Waals surface area contributed by atoms with Gasteiger partial charge in [0.25, 0.3) is 5.91 Å². The standard InChI is InChI=1S/C26H32N6O3/c1-2-35-26(34)23-19-29-32(24(23)27)22-11-9-20(10-12-22)25(33)28-13-6-14-30-15-17-31(18-16-30)21-7-4-3-5-8-21/h3-5,7-12,19H,2,6,13-18,27H2,1H3,(H,28,33). The van der Waals surface area contributed by atoms with Gasteiger partial charge < -0.3 is 20.7 Å². The number of nitrogens with two attached hydrogens (primary N) is 1. The Hall–Kier alpha value is -3.85. The molecule has 184 valence electrons. The molecular weight excluding hydrogens is 444 g/mol. The summed E-state index contributed by atoms with van der Waals surface area (Å²) < 4.78 is 6.44. The summed E-state index contributed by atoms with van der Waals surface area (Å²) in [6.45, 7) is 7.67. The highest BCUT2D eigenvalue weighted by atomic mass is 16.5. The molecule has 0 radical (unpaired) electrons. The van der Waals surface area contributed by atoms with Gasteiger partial charge >= 0.3 is 5.97 Å². The smallest absolute Gasteiger partial charge is 0.343 e. The fraction of sp³-hybridized carbons (Fsp3) is 0.346. The molecule has 0 bridgehead atoms. The van der Waals surface area contributed by atoms with Crippen molar-refractivity contribution >= 4 is 23.4 Å². The van der Waals surface area contributed by atoms with Gasteiger partial charge in [-0.3, -0.25) is 9.69 Å². The number of rotatable bonds is 9. The Labute approximate surface area is 205 Å². The summed E-state index contributed by atoms with van der Waals surface area (Å²) in [5.74, 6) is -0.429. The molecule has 35 heavy (non-hydrogen) atoms. The molecule has 1 amide bonds. The number of nitrogens with one attached hydrogen (secondary N) is 1. The molecule has 1 aromatic heterocycles. The summed E-state index contributed by atoms with van der Waals surface area (Å²) >= 11 is 0. The Kier molecular flexibility index (Phi) is 7.99. The molecule has 0 aliphatic carbocycles. The molecule has 9 heteroatoms. The first kappa shape index (κ1) is 24.3. The Morgan fingerprint density at radius 3 is 2.40 bits per heavy atom. The minimum atomic E-state index is -0.509. The molecule has 3 N–H and O–H groups in total. The number of para-hydroxylation sites is 1. The molecule has 0 unspecified atom stereocenters. The fourth-order valence-electron chi connectivity index (χ4n) is 4.16. The Balaban J connectivity index is 1.21. The zero-order chi connectivity index (χ0) is 24.6. The van der Waals surface area contributed by atoms with Gasteiger partial charge in [-0.1, -0.05) is 18.2 Å². The van der Waals surface area contributed by atoms with Gasteiger partial charge in [0.2, 0.25) is 0 Å². The lowest BCUT2D eigenvalue weighted by atomic mass is 10.2. The molecule has 9 nitrogen and oxygen atoms in total. The van der Waals surface area contributed by atoms with Crippen LogP contribution in [0.3, 0.4) is 0 Å². The normalized spacial score (nSPS) is 14.0. The van der Waals surface area contributed by atoms with Gasteiger partial charge in [-0.25, -0.2) is 9.48 Å². The average Bonchev–Trinajstić information content (AvgIpc) is 3.29. The van der Waals surface area contributed by atoms with Crippen molar-refractivity contribution < 1.29 is 14.3 Å². The number of benzene rings is 2. The molecule has 3 aromatic rings. The van der Waals surface area contributed by atoms with Gasteiger partial charge in [0.1, 0.15) is 11.4 Å². The maximum Gasteiger partial charge on any atom is 0.343 e. The van der Waals surface area contributed by atoms with Gasteiger partial charge in [-0.2, -0.15) is 5.10 Å². The number of hydrogen-bond donors (Lipinski definition) is 2. The van der Waals surface area contributed by atoms with Gasteiger partial charge in [-0.05, 0) is 56.3 Å². The van der Waals surface area contributed by atoms with Gasteiger partial charge in [0.05, 0.1) is 18.5 Å². The van der Waals surface area contributed by atoms with Crippen LogP contribution in [0.4, 0.5) is 11.5 Å². The van der Waals surface area contributed by atoms with Crippen LogP contribution < -0.4 is 16.0 Å². The molecule has 4 rings (SSSR count). The number of carbonyl (C=O) groups excluding carboxylic acids is 2. The van der Waals surface area contributed by atoms with E-state index in [9.17, 15) is 9.59 Å². The molecule has 0 saturated carbocycles. The third-order valence-corrected chi connectivity index (χ3v) is 6.11. The van der Waals surface area contributed by atoms with Crippen molar-refractivity contribution in [3.8, 4) is 5.69 Å². The first-order chi connectivity index (χ1) is 17.1. The molecule has 1 saturated heterocycles. The molecule has 1 aliphatic heterocycles. The number of nitrogen functional groups attached to an aromatic ring is 1. The number of carbonyl (C=O) groups is 2. The van der Waals surface area contributed by atoms with Crippen LogP contribution in [0.2, 0.25) is 0 Å². The summed E-state index contributed by atoms with van der Waals surface area (Å²) in [5, 5.41) is 7.17. The van der Waals surface area contributed by atoms with Crippen molar-refractivity contribution in [2.75, 3.05) is 56.5 Å². The van der Waals surface area contributed by atoms with Crippen molar-refractivity contribution in [3.05, 3.63) is 71.9 Å². The molecule has 1 aliphatic rings. The highest BCUT2D eigenvalue weighted by molar-refractivity contribution is 5.95. The van der Waals surface area contributed by atoms with Crippen molar-refractivity contribution in [1.82, 2.24) is 20.0 Å². The van der Waals surface area contributed by atoms with Gasteiger partial charge in [0.15, 0.2) is 0 Å². The zero-order valence-corrected chi connectivity index (χ0v) is 20.0. The van der Waals surface area contributed by atoms with E-state index in [1.165, 1.54) is 16.6 Å². The van der Waals surface area contributed by atoms with Crippen molar-refractivity contribution in [1.29, 1.82) is 0 Å². The monoisotopic (exact) mass is 476 g/mol. The Morgan fingerprint density at radius 1 is 1.00 bits per heavy atom. The molecule has 0 spiro atoms. The predicted molar refractivity (Wildman–Crippen MR) is 136 cm³/mol. The zero-order valence-electron chi connectivity index (χ0n) is 20.0. The number of hydrogen-bond acceptors (Lipinski definition) is 7. The van der Waals surface area contributed by atoms with Crippen LogP contribution >= 0.6 is 0 Å². The molecule has 2 heterocycles. The number of anilines is 2. The van der Waals surface area contributed by atoms with Crippen molar-refractivity contribution in [3.63, 3.8) is 0 Å². The second kappa shape index (κ2) is 11.5. The number of esters is 1. The predicted octanol–water partition coefficient (Wildman–Crippen LogP) is 2.57. The van der Waals surface area contributed by atoms with Gasteiger partial charge in [-0.15, -0.1) is 0 Å². The number of amides is 1. The van der Waals surface area contributed by atoms with E-state index < -0.39 is 5.97 Å². The highest BCUT2D eigenvalue weighted by Crippen LogP contribution is 2.19. The first-order valence-electron chi connectivity index (χ1n) is 12.0. The quantitative estimate of drug-likeness (QED) is 0.361. The van der Waals surface area contributed by atoms with E-state index in [1.54, 1.807) is 31.2 Å². The molecule has 1 fully saturated rings. The molecule has 2 aromatic carbocycles. The van der Waals surface area contributed by atoms with Crippen LogP contribution in [0.5, 0.6) is 0 Å². The SMILES string of the molecule is CCOC(=O)c1cnn(-c2ccc(C(=O)NCCCN3CCN(c4ccccc4)CC3)cc2)c1N. The topological polar surface area (TPSA) is 106 Å².